The van der Waals surface area contributed by atoms with Crippen molar-refractivity contribution in [1.29, 1.82) is 0 Å². The number of carbonyl (C=O) groups is 1. The number of rotatable bonds is 3. The predicted molar refractivity (Wildman–Crippen MR) is 66.4 cm³/mol. The fourth-order valence-electron chi connectivity index (χ4n) is 0.982. The molecular formula is C10H11Cl3N2O. The molecule has 1 N–H and O–H groups in total. The molecule has 0 aliphatic rings. The molecule has 3 nitrogen and oxygen atoms in total. The van der Waals surface area contributed by atoms with Gasteiger partial charge in [-0.1, -0.05) is 48.7 Å². The van der Waals surface area contributed by atoms with E-state index in [1.807, 2.05) is 13.8 Å². The minimum atomic E-state index is -0.350. The van der Waals surface area contributed by atoms with Crippen molar-refractivity contribution in [2.45, 2.75) is 13.8 Å². The Labute approximate surface area is 109 Å². The summed E-state index contributed by atoms with van der Waals surface area (Å²) in [5.74, 6) is 0.00256. The van der Waals surface area contributed by atoms with Crippen LogP contribution in [0.2, 0.25) is 15.1 Å². The molecule has 0 fully saturated rings. The van der Waals surface area contributed by atoms with E-state index in [2.05, 4.69) is 10.3 Å². The summed E-state index contributed by atoms with van der Waals surface area (Å²) in [5, 5.41) is 3.15. The van der Waals surface area contributed by atoms with E-state index in [1.54, 1.807) is 0 Å². The van der Waals surface area contributed by atoms with Gasteiger partial charge in [-0.15, -0.1) is 0 Å². The second-order valence-electron chi connectivity index (χ2n) is 3.69. The van der Waals surface area contributed by atoms with Crippen molar-refractivity contribution in [2.24, 2.45) is 5.92 Å². The Kier molecular flexibility index (Phi) is 4.84. The van der Waals surface area contributed by atoms with Gasteiger partial charge in [0.2, 0.25) is 0 Å². The Morgan fingerprint density at radius 3 is 2.56 bits per heavy atom. The molecule has 0 saturated carbocycles. The van der Waals surface area contributed by atoms with Crippen LogP contribution in [-0.4, -0.2) is 17.4 Å². The molecule has 1 rings (SSSR count). The number of halogens is 3. The maximum absolute atomic E-state index is 11.7. The predicted octanol–water partition coefficient (Wildman–Crippen LogP) is 3.43. The Morgan fingerprint density at radius 1 is 1.38 bits per heavy atom. The summed E-state index contributed by atoms with van der Waals surface area (Å²) in [6.45, 7) is 4.53. The first-order valence-electron chi connectivity index (χ1n) is 4.71. The molecule has 1 aromatic rings. The number of hydrogen-bond acceptors (Lipinski definition) is 2. The second kappa shape index (κ2) is 5.71. The third-order valence-corrected chi connectivity index (χ3v) is 3.04. The van der Waals surface area contributed by atoms with E-state index < -0.39 is 0 Å². The quantitative estimate of drug-likeness (QED) is 0.922. The number of pyridine rings is 1. The first-order chi connectivity index (χ1) is 7.43. The van der Waals surface area contributed by atoms with Crippen LogP contribution in [0.25, 0.3) is 0 Å². The lowest BCUT2D eigenvalue weighted by Crippen LogP contribution is -2.28. The summed E-state index contributed by atoms with van der Waals surface area (Å²) in [7, 11) is 0. The number of nitrogens with one attached hydrogen (secondary N) is 1. The van der Waals surface area contributed by atoms with Crippen LogP contribution in [0.5, 0.6) is 0 Å². The standard InChI is InChI=1S/C10H11Cl3N2O/c1-5(2)3-15-10(16)9-8(13)7(12)6(11)4-14-9/h4-5H,3H2,1-2H3,(H,15,16). The smallest absolute Gasteiger partial charge is 0.271 e. The van der Waals surface area contributed by atoms with E-state index >= 15 is 0 Å². The summed E-state index contributed by atoms with van der Waals surface area (Å²) >= 11 is 17.4. The summed E-state index contributed by atoms with van der Waals surface area (Å²) in [6.07, 6.45) is 1.31. The molecule has 88 valence electrons. The molecule has 16 heavy (non-hydrogen) atoms. The Balaban J connectivity index is 2.88. The fraction of sp³-hybridized carbons (Fsp3) is 0.400. The summed E-state index contributed by atoms with van der Waals surface area (Å²) in [6, 6.07) is 0. The monoisotopic (exact) mass is 280 g/mol. The van der Waals surface area contributed by atoms with E-state index in [0.717, 1.165) is 0 Å². The molecular weight excluding hydrogens is 270 g/mol. The van der Waals surface area contributed by atoms with E-state index in [-0.39, 0.29) is 26.7 Å². The normalized spacial score (nSPS) is 10.6. The van der Waals surface area contributed by atoms with Crippen molar-refractivity contribution >= 4 is 40.7 Å². The van der Waals surface area contributed by atoms with Crippen molar-refractivity contribution in [3.63, 3.8) is 0 Å². The molecule has 0 radical (unpaired) electrons. The Bertz CT molecular complexity index is 407. The lowest BCUT2D eigenvalue weighted by Gasteiger charge is -2.09. The lowest BCUT2D eigenvalue weighted by molar-refractivity contribution is 0.0944. The first-order valence-corrected chi connectivity index (χ1v) is 5.84. The molecule has 1 amide bonds. The highest BCUT2D eigenvalue weighted by Gasteiger charge is 2.16. The van der Waals surface area contributed by atoms with Crippen LogP contribution in [-0.2, 0) is 0 Å². The van der Waals surface area contributed by atoms with Crippen molar-refractivity contribution in [3.05, 3.63) is 27.0 Å². The molecule has 1 heterocycles. The highest BCUT2D eigenvalue weighted by atomic mass is 35.5. The SMILES string of the molecule is CC(C)CNC(=O)c1ncc(Cl)c(Cl)c1Cl. The topological polar surface area (TPSA) is 42.0 Å². The molecule has 0 spiro atoms. The third-order valence-electron chi connectivity index (χ3n) is 1.80. The third kappa shape index (κ3) is 3.24. The van der Waals surface area contributed by atoms with E-state index in [0.29, 0.717) is 12.5 Å². The molecule has 0 unspecified atom stereocenters. The van der Waals surface area contributed by atoms with Gasteiger partial charge < -0.3 is 5.32 Å². The average Bonchev–Trinajstić information content (AvgIpc) is 2.23. The van der Waals surface area contributed by atoms with Crippen molar-refractivity contribution in [3.8, 4) is 0 Å². The molecule has 1 aromatic heterocycles. The van der Waals surface area contributed by atoms with Gasteiger partial charge in [-0.05, 0) is 5.92 Å². The number of amides is 1. The van der Waals surface area contributed by atoms with Gasteiger partial charge in [-0.2, -0.15) is 0 Å². The Morgan fingerprint density at radius 2 is 2.00 bits per heavy atom. The molecule has 0 bridgehead atoms. The van der Waals surface area contributed by atoms with Crippen LogP contribution >= 0.6 is 34.8 Å². The van der Waals surface area contributed by atoms with Gasteiger partial charge in [0.05, 0.1) is 15.1 Å². The molecule has 0 aromatic carbocycles. The van der Waals surface area contributed by atoms with Crippen LogP contribution in [0.15, 0.2) is 6.20 Å². The number of nitrogens with zero attached hydrogens (tertiary/aromatic N) is 1. The summed E-state index contributed by atoms with van der Waals surface area (Å²) < 4.78 is 0. The zero-order valence-corrected chi connectivity index (χ0v) is 11.1. The summed E-state index contributed by atoms with van der Waals surface area (Å²) in [5.41, 5.74) is 0.0942. The largest absolute Gasteiger partial charge is 0.350 e. The maximum atomic E-state index is 11.7. The minimum absolute atomic E-state index is 0.0791. The minimum Gasteiger partial charge on any atom is -0.350 e. The zero-order valence-electron chi connectivity index (χ0n) is 8.85. The van der Waals surface area contributed by atoms with E-state index in [1.165, 1.54) is 6.20 Å². The number of carbonyl (C=O) groups excluding carboxylic acids is 1. The second-order valence-corrected chi connectivity index (χ2v) is 4.85. The average molecular weight is 282 g/mol. The maximum Gasteiger partial charge on any atom is 0.271 e. The van der Waals surface area contributed by atoms with Gasteiger partial charge in [0, 0.05) is 12.7 Å². The van der Waals surface area contributed by atoms with E-state index in [4.69, 9.17) is 34.8 Å². The zero-order chi connectivity index (χ0) is 12.3. The first kappa shape index (κ1) is 13.6. The van der Waals surface area contributed by atoms with Crippen molar-refractivity contribution in [1.82, 2.24) is 10.3 Å². The summed E-state index contributed by atoms with van der Waals surface area (Å²) in [4.78, 5) is 15.5. The molecule has 0 atom stereocenters. The van der Waals surface area contributed by atoms with Crippen LogP contribution < -0.4 is 5.32 Å². The highest BCUT2D eigenvalue weighted by Crippen LogP contribution is 2.30. The van der Waals surface area contributed by atoms with Gasteiger partial charge in [0.1, 0.15) is 5.69 Å². The highest BCUT2D eigenvalue weighted by molar-refractivity contribution is 6.48. The van der Waals surface area contributed by atoms with Crippen LogP contribution in [0.4, 0.5) is 0 Å². The van der Waals surface area contributed by atoms with Gasteiger partial charge in [0.25, 0.3) is 5.91 Å². The van der Waals surface area contributed by atoms with Gasteiger partial charge in [0.15, 0.2) is 0 Å². The van der Waals surface area contributed by atoms with Gasteiger partial charge >= 0.3 is 0 Å². The molecule has 0 aliphatic carbocycles. The van der Waals surface area contributed by atoms with Crippen LogP contribution in [0.1, 0.15) is 24.3 Å². The van der Waals surface area contributed by atoms with Crippen LogP contribution in [0.3, 0.4) is 0 Å². The fourth-order valence-corrected chi connectivity index (χ4v) is 1.55. The van der Waals surface area contributed by atoms with Crippen molar-refractivity contribution < 1.29 is 4.79 Å². The van der Waals surface area contributed by atoms with Crippen LogP contribution in [0, 0.1) is 5.92 Å². The molecule has 0 aliphatic heterocycles. The molecule has 6 heteroatoms. The van der Waals surface area contributed by atoms with Gasteiger partial charge in [-0.25, -0.2) is 4.98 Å². The number of hydrogen-bond donors (Lipinski definition) is 1. The Hall–Kier alpha value is -0.510. The van der Waals surface area contributed by atoms with Crippen molar-refractivity contribution in [2.75, 3.05) is 6.54 Å². The molecule has 0 saturated heterocycles. The lowest BCUT2D eigenvalue weighted by atomic mass is 10.2. The number of aromatic nitrogens is 1. The van der Waals surface area contributed by atoms with E-state index in [9.17, 15) is 4.79 Å². The van der Waals surface area contributed by atoms with Gasteiger partial charge in [-0.3, -0.25) is 4.79 Å².